The minimum absolute atomic E-state index is 0.124. The summed E-state index contributed by atoms with van der Waals surface area (Å²) in [4.78, 5) is 4.45. The first-order valence-electron chi connectivity index (χ1n) is 6.95. The van der Waals surface area contributed by atoms with Gasteiger partial charge in [0.2, 0.25) is 0 Å². The summed E-state index contributed by atoms with van der Waals surface area (Å²) in [7, 11) is -2.93. The van der Waals surface area contributed by atoms with Gasteiger partial charge in [0, 0.05) is 24.0 Å². The van der Waals surface area contributed by atoms with Crippen molar-refractivity contribution < 1.29 is 8.42 Å². The van der Waals surface area contributed by atoms with Crippen LogP contribution in [0.5, 0.6) is 0 Å². The zero-order valence-corrected chi connectivity index (χ0v) is 14.5. The molecule has 4 nitrogen and oxygen atoms in total. The largest absolute Gasteiger partial charge is 0.305 e. The van der Waals surface area contributed by atoms with Crippen molar-refractivity contribution in [2.45, 2.75) is 38.8 Å². The predicted octanol–water partition coefficient (Wildman–Crippen LogP) is 3.16. The van der Waals surface area contributed by atoms with Crippen molar-refractivity contribution in [1.29, 1.82) is 0 Å². The second kappa shape index (κ2) is 6.02. The first-order valence-corrected chi connectivity index (χ1v) is 9.89. The van der Waals surface area contributed by atoms with E-state index in [0.29, 0.717) is 6.42 Å². The van der Waals surface area contributed by atoms with Crippen LogP contribution in [0.2, 0.25) is 0 Å². The Balaban J connectivity index is 2.06. The zero-order chi connectivity index (χ0) is 15.7. The Labute approximate surface area is 130 Å². The molecule has 0 saturated heterocycles. The van der Waals surface area contributed by atoms with Gasteiger partial charge >= 0.3 is 0 Å². The zero-order valence-electron chi connectivity index (χ0n) is 12.9. The lowest BCUT2D eigenvalue weighted by Gasteiger charge is -2.30. The molecule has 0 aliphatic carbocycles. The maximum Gasteiger partial charge on any atom is 0.147 e. The van der Waals surface area contributed by atoms with E-state index in [4.69, 9.17) is 0 Å². The monoisotopic (exact) mass is 326 g/mol. The van der Waals surface area contributed by atoms with Crippen molar-refractivity contribution in [3.05, 3.63) is 29.3 Å². The van der Waals surface area contributed by atoms with E-state index in [1.165, 1.54) is 11.0 Å². The minimum atomic E-state index is -2.93. The number of hydrogen-bond donors (Lipinski definition) is 1. The van der Waals surface area contributed by atoms with Gasteiger partial charge in [-0.2, -0.15) is 0 Å². The Morgan fingerprint density at radius 1 is 1.43 bits per heavy atom. The van der Waals surface area contributed by atoms with Gasteiger partial charge in [-0.05, 0) is 50.3 Å². The fourth-order valence-corrected chi connectivity index (χ4v) is 3.95. The maximum absolute atomic E-state index is 11.3. The molecule has 2 aromatic heterocycles. The van der Waals surface area contributed by atoms with Gasteiger partial charge in [0.05, 0.1) is 16.0 Å². The molecule has 21 heavy (non-hydrogen) atoms. The molecule has 0 fully saturated rings. The van der Waals surface area contributed by atoms with Crippen molar-refractivity contribution in [3.8, 4) is 0 Å². The molecule has 6 heteroatoms. The van der Waals surface area contributed by atoms with Gasteiger partial charge < -0.3 is 5.32 Å². The third-order valence-corrected chi connectivity index (χ3v) is 5.33. The van der Waals surface area contributed by atoms with E-state index in [0.717, 1.165) is 11.1 Å². The van der Waals surface area contributed by atoms with Gasteiger partial charge in [0.15, 0.2) is 0 Å². The Morgan fingerprint density at radius 3 is 2.81 bits per heavy atom. The van der Waals surface area contributed by atoms with Crippen LogP contribution in [-0.4, -0.2) is 30.9 Å². The number of aromatic nitrogens is 1. The van der Waals surface area contributed by atoms with E-state index < -0.39 is 9.84 Å². The van der Waals surface area contributed by atoms with Crippen LogP contribution >= 0.6 is 11.3 Å². The van der Waals surface area contributed by atoms with Gasteiger partial charge in [0.1, 0.15) is 9.84 Å². The Morgan fingerprint density at radius 2 is 2.14 bits per heavy atom. The average Bonchev–Trinajstić information content (AvgIpc) is 2.82. The molecule has 0 bridgehead atoms. The molecule has 2 aromatic rings. The highest BCUT2D eigenvalue weighted by Gasteiger charge is 2.22. The normalized spacial score (nSPS) is 14.5. The highest BCUT2D eigenvalue weighted by Crippen LogP contribution is 2.24. The molecule has 0 aliphatic rings. The van der Waals surface area contributed by atoms with E-state index in [2.05, 4.69) is 23.3 Å². The molecule has 0 unspecified atom stereocenters. The SMILES string of the molecule is C[C@H](NC(C)(C)CCS(C)(=O)=O)c1cnc2ccsc2c1. The van der Waals surface area contributed by atoms with Gasteiger partial charge in [-0.25, -0.2) is 8.42 Å². The molecule has 0 spiro atoms. The van der Waals surface area contributed by atoms with Crippen LogP contribution in [0.3, 0.4) is 0 Å². The second-order valence-electron chi connectivity index (χ2n) is 6.20. The molecule has 116 valence electrons. The lowest BCUT2D eigenvalue weighted by atomic mass is 9.99. The lowest BCUT2D eigenvalue weighted by molar-refractivity contribution is 0.338. The number of fused-ring (bicyclic) bond motifs is 1. The quantitative estimate of drug-likeness (QED) is 0.886. The Kier molecular flexibility index (Phi) is 4.70. The fourth-order valence-electron chi connectivity index (χ4n) is 2.28. The third-order valence-electron chi connectivity index (χ3n) is 3.53. The van der Waals surface area contributed by atoms with Crippen molar-refractivity contribution in [2.75, 3.05) is 12.0 Å². The predicted molar refractivity (Wildman–Crippen MR) is 89.6 cm³/mol. The van der Waals surface area contributed by atoms with Gasteiger partial charge in [-0.1, -0.05) is 0 Å². The summed E-state index contributed by atoms with van der Waals surface area (Å²) in [5.74, 6) is 0.196. The summed E-state index contributed by atoms with van der Waals surface area (Å²) in [5, 5.41) is 5.54. The third kappa shape index (κ3) is 4.76. The number of thiophene rings is 1. The molecule has 2 heterocycles. The topological polar surface area (TPSA) is 59.1 Å². The molecule has 0 saturated carbocycles. The molecule has 0 aromatic carbocycles. The molecule has 2 rings (SSSR count). The summed E-state index contributed by atoms with van der Waals surface area (Å²) in [6.45, 7) is 6.15. The molecular formula is C15H22N2O2S2. The van der Waals surface area contributed by atoms with Gasteiger partial charge in [0.25, 0.3) is 0 Å². The van der Waals surface area contributed by atoms with Crippen LogP contribution in [0.1, 0.15) is 38.8 Å². The first kappa shape index (κ1) is 16.4. The molecule has 0 amide bonds. The number of hydrogen-bond acceptors (Lipinski definition) is 5. The van der Waals surface area contributed by atoms with Crippen LogP contribution in [0.15, 0.2) is 23.7 Å². The van der Waals surface area contributed by atoms with E-state index >= 15 is 0 Å². The van der Waals surface area contributed by atoms with Gasteiger partial charge in [-0.15, -0.1) is 11.3 Å². The van der Waals surface area contributed by atoms with E-state index in [1.54, 1.807) is 11.3 Å². The fraction of sp³-hybridized carbons (Fsp3) is 0.533. The van der Waals surface area contributed by atoms with Crippen LogP contribution in [0.25, 0.3) is 10.2 Å². The van der Waals surface area contributed by atoms with Gasteiger partial charge in [-0.3, -0.25) is 4.98 Å². The van der Waals surface area contributed by atoms with E-state index in [1.807, 2.05) is 31.5 Å². The number of rotatable bonds is 6. The number of nitrogens with zero attached hydrogens (tertiary/aromatic N) is 1. The van der Waals surface area contributed by atoms with Crippen LogP contribution in [0.4, 0.5) is 0 Å². The maximum atomic E-state index is 11.3. The summed E-state index contributed by atoms with van der Waals surface area (Å²) in [6, 6.07) is 4.29. The van der Waals surface area contributed by atoms with Crippen LogP contribution in [-0.2, 0) is 9.84 Å². The summed E-state index contributed by atoms with van der Waals surface area (Å²) < 4.78 is 23.8. The molecule has 1 atom stereocenters. The van der Waals surface area contributed by atoms with Crippen molar-refractivity contribution in [1.82, 2.24) is 10.3 Å². The Hall–Kier alpha value is -0.980. The number of pyridine rings is 1. The summed E-state index contributed by atoms with van der Waals surface area (Å²) >= 11 is 1.68. The molecule has 1 N–H and O–H groups in total. The van der Waals surface area contributed by atoms with E-state index in [-0.39, 0.29) is 17.3 Å². The standard InChI is InChI=1S/C15H22N2O2S2/c1-11(17-15(2,3)6-8-21(4,18)19)12-9-14-13(16-10-12)5-7-20-14/h5,7,9-11,17H,6,8H2,1-4H3/t11-/m0/s1. The highest BCUT2D eigenvalue weighted by molar-refractivity contribution is 7.90. The summed E-state index contributed by atoms with van der Waals surface area (Å²) in [6.07, 6.45) is 3.76. The molecular weight excluding hydrogens is 304 g/mol. The van der Waals surface area contributed by atoms with Crippen molar-refractivity contribution >= 4 is 31.4 Å². The smallest absolute Gasteiger partial charge is 0.147 e. The second-order valence-corrected chi connectivity index (χ2v) is 9.41. The number of nitrogens with one attached hydrogen (secondary N) is 1. The van der Waals surface area contributed by atoms with Crippen molar-refractivity contribution in [2.24, 2.45) is 0 Å². The lowest BCUT2D eigenvalue weighted by Crippen LogP contribution is -2.42. The first-order chi connectivity index (χ1) is 9.66. The van der Waals surface area contributed by atoms with Crippen LogP contribution < -0.4 is 5.32 Å². The minimum Gasteiger partial charge on any atom is -0.305 e. The summed E-state index contributed by atoms with van der Waals surface area (Å²) in [5.41, 5.74) is 1.90. The molecule has 0 radical (unpaired) electrons. The molecule has 0 aliphatic heterocycles. The number of sulfone groups is 1. The average molecular weight is 326 g/mol. The Bertz CT molecular complexity index is 720. The van der Waals surface area contributed by atoms with Crippen LogP contribution in [0, 0.1) is 0 Å². The highest BCUT2D eigenvalue weighted by atomic mass is 32.2. The van der Waals surface area contributed by atoms with Crippen molar-refractivity contribution in [3.63, 3.8) is 0 Å². The van der Waals surface area contributed by atoms with E-state index in [9.17, 15) is 8.42 Å².